The molecule has 1 aromatic carbocycles. The second-order valence-corrected chi connectivity index (χ2v) is 9.76. The van der Waals surface area contributed by atoms with E-state index in [2.05, 4.69) is 18.3 Å². The Hall–Kier alpha value is -3.13. The van der Waals surface area contributed by atoms with E-state index in [1.54, 1.807) is 20.8 Å². The second-order valence-electron chi connectivity index (χ2n) is 8.81. The SMILES string of the molecule is CCc1cccc(N(CC)C(=O)Cn2c(C(=O)N[C@H]3CC[C@H](C(=O)O)CC3)cc3sccc32)c1. The van der Waals surface area contributed by atoms with E-state index in [1.807, 2.05) is 42.6 Å². The normalized spacial score (nSPS) is 18.1. The number of carbonyl (C=O) groups excluding carboxylic acids is 2. The number of carboxylic acid groups (broad SMARTS) is 1. The number of carboxylic acids is 1. The zero-order valence-corrected chi connectivity index (χ0v) is 20.4. The molecule has 2 amide bonds. The fourth-order valence-electron chi connectivity index (χ4n) is 4.75. The van der Waals surface area contributed by atoms with E-state index in [0.29, 0.717) is 37.9 Å². The summed E-state index contributed by atoms with van der Waals surface area (Å²) in [4.78, 5) is 39.6. The van der Waals surface area contributed by atoms with Gasteiger partial charge in [-0.15, -0.1) is 11.3 Å². The minimum atomic E-state index is -0.762. The highest BCUT2D eigenvalue weighted by Gasteiger charge is 2.28. The Morgan fingerprint density at radius 3 is 2.56 bits per heavy atom. The number of rotatable bonds is 8. The molecule has 2 N–H and O–H groups in total. The van der Waals surface area contributed by atoms with Crippen molar-refractivity contribution in [3.05, 3.63) is 53.0 Å². The summed E-state index contributed by atoms with van der Waals surface area (Å²) < 4.78 is 2.77. The van der Waals surface area contributed by atoms with Crippen molar-refractivity contribution < 1.29 is 19.5 Å². The zero-order valence-electron chi connectivity index (χ0n) is 19.6. The Balaban J connectivity index is 1.53. The second kappa shape index (κ2) is 10.4. The van der Waals surface area contributed by atoms with Crippen LogP contribution in [-0.2, 0) is 22.6 Å². The molecule has 180 valence electrons. The summed E-state index contributed by atoms with van der Waals surface area (Å²) in [6, 6.07) is 11.7. The van der Waals surface area contributed by atoms with Gasteiger partial charge in [0.25, 0.3) is 5.91 Å². The van der Waals surface area contributed by atoms with Crippen LogP contribution in [0, 0.1) is 5.92 Å². The van der Waals surface area contributed by atoms with Crippen LogP contribution < -0.4 is 10.2 Å². The lowest BCUT2D eigenvalue weighted by Crippen LogP contribution is -2.40. The molecular weight excluding hydrogens is 450 g/mol. The first-order valence-corrected chi connectivity index (χ1v) is 12.8. The molecule has 2 aromatic heterocycles. The monoisotopic (exact) mass is 481 g/mol. The molecule has 1 fully saturated rings. The molecule has 3 aromatic rings. The van der Waals surface area contributed by atoms with Crippen molar-refractivity contribution in [2.75, 3.05) is 11.4 Å². The van der Waals surface area contributed by atoms with Gasteiger partial charge in [-0.05, 0) is 74.2 Å². The van der Waals surface area contributed by atoms with Gasteiger partial charge >= 0.3 is 5.97 Å². The molecule has 8 heteroatoms. The third-order valence-electron chi connectivity index (χ3n) is 6.71. The van der Waals surface area contributed by atoms with Crippen molar-refractivity contribution in [3.63, 3.8) is 0 Å². The van der Waals surface area contributed by atoms with Crippen molar-refractivity contribution in [3.8, 4) is 0 Å². The van der Waals surface area contributed by atoms with Crippen molar-refractivity contribution >= 4 is 45.0 Å². The van der Waals surface area contributed by atoms with Gasteiger partial charge in [0.05, 0.1) is 16.1 Å². The lowest BCUT2D eigenvalue weighted by molar-refractivity contribution is -0.142. The molecule has 0 bridgehead atoms. The van der Waals surface area contributed by atoms with Crippen LogP contribution in [0.25, 0.3) is 10.2 Å². The molecule has 1 saturated carbocycles. The van der Waals surface area contributed by atoms with E-state index < -0.39 is 5.97 Å². The molecule has 4 rings (SSSR count). The Morgan fingerprint density at radius 2 is 1.88 bits per heavy atom. The van der Waals surface area contributed by atoms with Crippen molar-refractivity contribution in [2.45, 2.75) is 58.5 Å². The van der Waals surface area contributed by atoms with E-state index in [4.69, 9.17) is 0 Å². The Kier molecular flexibility index (Phi) is 7.36. The molecule has 0 spiro atoms. The van der Waals surface area contributed by atoms with Gasteiger partial charge in [0, 0.05) is 18.3 Å². The number of aliphatic carboxylic acids is 1. The third kappa shape index (κ3) is 5.01. The fourth-order valence-corrected chi connectivity index (χ4v) is 5.57. The number of aromatic nitrogens is 1. The summed E-state index contributed by atoms with van der Waals surface area (Å²) in [5.41, 5.74) is 3.37. The van der Waals surface area contributed by atoms with Crippen molar-refractivity contribution in [1.29, 1.82) is 0 Å². The largest absolute Gasteiger partial charge is 0.481 e. The van der Waals surface area contributed by atoms with Crippen LogP contribution in [0.15, 0.2) is 41.8 Å². The van der Waals surface area contributed by atoms with Crippen LogP contribution in [0.3, 0.4) is 0 Å². The van der Waals surface area contributed by atoms with Gasteiger partial charge in [-0.2, -0.15) is 0 Å². The van der Waals surface area contributed by atoms with E-state index in [9.17, 15) is 19.5 Å². The van der Waals surface area contributed by atoms with Gasteiger partial charge in [0.2, 0.25) is 5.91 Å². The zero-order chi connectivity index (χ0) is 24.2. The van der Waals surface area contributed by atoms with E-state index >= 15 is 0 Å². The number of benzene rings is 1. The smallest absolute Gasteiger partial charge is 0.306 e. The molecule has 2 heterocycles. The molecular formula is C26H31N3O4S. The van der Waals surface area contributed by atoms with Crippen LogP contribution in [0.2, 0.25) is 0 Å². The highest BCUT2D eigenvalue weighted by molar-refractivity contribution is 7.17. The topological polar surface area (TPSA) is 91.6 Å². The molecule has 7 nitrogen and oxygen atoms in total. The van der Waals surface area contributed by atoms with Crippen molar-refractivity contribution in [1.82, 2.24) is 9.88 Å². The quantitative estimate of drug-likeness (QED) is 0.488. The molecule has 0 atom stereocenters. The third-order valence-corrected chi connectivity index (χ3v) is 7.56. The fraction of sp³-hybridized carbons (Fsp3) is 0.423. The predicted octanol–water partition coefficient (Wildman–Crippen LogP) is 4.69. The van der Waals surface area contributed by atoms with Gasteiger partial charge < -0.3 is 19.9 Å². The number of nitrogens with zero attached hydrogens (tertiary/aromatic N) is 2. The van der Waals surface area contributed by atoms with Crippen LogP contribution >= 0.6 is 11.3 Å². The first-order chi connectivity index (χ1) is 16.4. The lowest BCUT2D eigenvalue weighted by atomic mass is 9.86. The van der Waals surface area contributed by atoms with Crippen LogP contribution in [0.1, 0.15) is 55.6 Å². The summed E-state index contributed by atoms with van der Waals surface area (Å²) in [5, 5.41) is 14.3. The number of amides is 2. The Labute approximate surface area is 203 Å². The highest BCUT2D eigenvalue weighted by atomic mass is 32.1. The van der Waals surface area contributed by atoms with Gasteiger partial charge in [-0.1, -0.05) is 19.1 Å². The maximum Gasteiger partial charge on any atom is 0.306 e. The minimum absolute atomic E-state index is 0.0517. The van der Waals surface area contributed by atoms with Crippen LogP contribution in [0.4, 0.5) is 5.69 Å². The average Bonchev–Trinajstić information content (AvgIpc) is 3.43. The number of hydrogen-bond acceptors (Lipinski definition) is 4. The molecule has 0 radical (unpaired) electrons. The lowest BCUT2D eigenvalue weighted by Gasteiger charge is -2.27. The highest BCUT2D eigenvalue weighted by Crippen LogP contribution is 2.28. The predicted molar refractivity (Wildman–Crippen MR) is 135 cm³/mol. The number of fused-ring (bicyclic) bond motifs is 1. The molecule has 0 unspecified atom stereocenters. The molecule has 1 aliphatic carbocycles. The first kappa shape index (κ1) is 24.0. The van der Waals surface area contributed by atoms with E-state index in [1.165, 1.54) is 5.56 Å². The van der Waals surface area contributed by atoms with Gasteiger partial charge in [-0.25, -0.2) is 0 Å². The summed E-state index contributed by atoms with van der Waals surface area (Å²) in [6.07, 6.45) is 3.32. The van der Waals surface area contributed by atoms with E-state index in [-0.39, 0.29) is 30.3 Å². The molecule has 0 aliphatic heterocycles. The minimum Gasteiger partial charge on any atom is -0.481 e. The maximum atomic E-state index is 13.4. The first-order valence-electron chi connectivity index (χ1n) is 11.9. The standard InChI is InChI=1S/C26H31N3O4S/c1-3-17-6-5-7-20(14-17)28(4-2)24(30)16-29-21-12-13-34-23(21)15-22(29)25(31)27-19-10-8-18(9-11-19)26(32)33/h5-7,12-15,18-19H,3-4,8-11,16H2,1-2H3,(H,27,31)(H,32,33)/t18-,19-. The van der Waals surface area contributed by atoms with E-state index in [0.717, 1.165) is 22.3 Å². The number of hydrogen-bond donors (Lipinski definition) is 2. The van der Waals surface area contributed by atoms with Crippen LogP contribution in [-0.4, -0.2) is 40.0 Å². The molecule has 34 heavy (non-hydrogen) atoms. The van der Waals surface area contributed by atoms with Gasteiger partial charge in [-0.3, -0.25) is 14.4 Å². The van der Waals surface area contributed by atoms with Gasteiger partial charge in [0.15, 0.2) is 0 Å². The summed E-state index contributed by atoms with van der Waals surface area (Å²) in [6.45, 7) is 4.64. The Morgan fingerprint density at radius 1 is 1.12 bits per heavy atom. The maximum absolute atomic E-state index is 13.4. The number of thiophene rings is 1. The Bertz CT molecular complexity index is 1190. The molecule has 0 saturated heterocycles. The number of anilines is 1. The average molecular weight is 482 g/mol. The van der Waals surface area contributed by atoms with Crippen molar-refractivity contribution in [2.24, 2.45) is 5.92 Å². The summed E-state index contributed by atoms with van der Waals surface area (Å²) in [5.74, 6) is -1.38. The summed E-state index contributed by atoms with van der Waals surface area (Å²) >= 11 is 1.54. The number of likely N-dealkylation sites (N-methyl/N-ethyl adjacent to an activating group) is 1. The number of aryl methyl sites for hydroxylation is 1. The van der Waals surface area contributed by atoms with Crippen LogP contribution in [0.5, 0.6) is 0 Å². The number of nitrogens with one attached hydrogen (secondary N) is 1. The summed E-state index contributed by atoms with van der Waals surface area (Å²) in [7, 11) is 0. The molecule has 1 aliphatic rings. The van der Waals surface area contributed by atoms with Gasteiger partial charge in [0.1, 0.15) is 12.2 Å². The number of carbonyl (C=O) groups is 3.